The Labute approximate surface area is 204 Å². The van der Waals surface area contributed by atoms with Crippen molar-refractivity contribution < 1.29 is 0 Å². The van der Waals surface area contributed by atoms with Crippen molar-refractivity contribution in [1.82, 2.24) is 0 Å². The highest BCUT2D eigenvalue weighted by Crippen LogP contribution is 2.24. The third-order valence-corrected chi connectivity index (χ3v) is 7.64. The van der Waals surface area contributed by atoms with Gasteiger partial charge in [0.15, 0.2) is 0 Å². The van der Waals surface area contributed by atoms with Crippen molar-refractivity contribution in [2.45, 2.75) is 51.9 Å². The topological polar surface area (TPSA) is 0 Å². The summed E-state index contributed by atoms with van der Waals surface area (Å²) in [5.74, 6) is 2.51. The van der Waals surface area contributed by atoms with Crippen LogP contribution in [0.1, 0.15) is 48.4 Å². The zero-order chi connectivity index (χ0) is 22.7. The molecule has 0 radical (unpaired) electrons. The molecule has 0 fully saturated rings. The van der Waals surface area contributed by atoms with Gasteiger partial charge in [0.1, 0.15) is 0 Å². The van der Waals surface area contributed by atoms with Gasteiger partial charge in [-0.2, -0.15) is 0 Å². The van der Waals surface area contributed by atoms with Gasteiger partial charge in [-0.15, -0.1) is 6.58 Å². The maximum Gasteiger partial charge on any atom is 0.00401 e. The average Bonchev–Trinajstić information content (AvgIpc) is 2.83. The second-order valence-electron chi connectivity index (χ2n) is 7.89. The van der Waals surface area contributed by atoms with Gasteiger partial charge >= 0.3 is 0 Å². The maximum atomic E-state index is 3.73. The first-order chi connectivity index (χ1) is 15.8. The molecular weight excluding hydrogens is 424 g/mol. The molecule has 3 aromatic carbocycles. The van der Waals surface area contributed by atoms with E-state index in [9.17, 15) is 0 Å². The van der Waals surface area contributed by atoms with Crippen molar-refractivity contribution in [3.8, 4) is 0 Å². The normalized spacial score (nSPS) is 10.3. The molecule has 3 aromatic rings. The summed E-state index contributed by atoms with van der Waals surface area (Å²) in [6.45, 7) is 5.94. The van der Waals surface area contributed by atoms with E-state index in [1.165, 1.54) is 72.3 Å². The summed E-state index contributed by atoms with van der Waals surface area (Å²) in [5.41, 5.74) is 5.73. The fourth-order valence-electron chi connectivity index (χ4n) is 3.45. The lowest BCUT2D eigenvalue weighted by molar-refractivity contribution is 0.919. The molecule has 0 N–H and O–H groups in total. The van der Waals surface area contributed by atoms with E-state index >= 15 is 0 Å². The van der Waals surface area contributed by atoms with Crippen molar-refractivity contribution in [2.75, 3.05) is 11.5 Å². The molecule has 32 heavy (non-hydrogen) atoms. The van der Waals surface area contributed by atoms with Gasteiger partial charge in [-0.25, -0.2) is 0 Å². The molecule has 0 bridgehead atoms. The third kappa shape index (κ3) is 12.2. The van der Waals surface area contributed by atoms with E-state index in [1.54, 1.807) is 0 Å². The highest BCUT2D eigenvalue weighted by molar-refractivity contribution is 8.76. The summed E-state index contributed by atoms with van der Waals surface area (Å²) in [6, 6.07) is 30.3. The third-order valence-electron chi connectivity index (χ3n) is 5.07. The highest BCUT2D eigenvalue weighted by atomic mass is 33.1. The summed E-state index contributed by atoms with van der Waals surface area (Å²) in [5, 5.41) is 0. The molecule has 0 atom stereocenters. The molecule has 0 saturated heterocycles. The lowest BCUT2D eigenvalue weighted by Crippen LogP contribution is -1.88. The van der Waals surface area contributed by atoms with E-state index in [2.05, 4.69) is 98.4 Å². The lowest BCUT2D eigenvalue weighted by Gasteiger charge is -2.03. The average molecular weight is 463 g/mol. The van der Waals surface area contributed by atoms with Crippen LogP contribution in [-0.2, 0) is 25.7 Å². The van der Waals surface area contributed by atoms with Crippen molar-refractivity contribution in [3.63, 3.8) is 0 Å². The molecule has 170 valence electrons. The van der Waals surface area contributed by atoms with E-state index in [0.717, 1.165) is 6.42 Å². The number of rotatable bonds is 13. The van der Waals surface area contributed by atoms with Gasteiger partial charge in [-0.3, -0.25) is 0 Å². The minimum absolute atomic E-state index is 0.984. The Balaban J connectivity index is 0.000000258. The number of allylic oxidation sites excluding steroid dienone is 1. The molecular formula is C30H38S2. The summed E-state index contributed by atoms with van der Waals surface area (Å²) >= 11 is 0. The van der Waals surface area contributed by atoms with E-state index in [1.807, 2.05) is 27.7 Å². The Kier molecular flexibility index (Phi) is 14.5. The second-order valence-corrected chi connectivity index (χ2v) is 10.6. The molecule has 0 aliphatic carbocycles. The molecule has 0 amide bonds. The zero-order valence-corrected chi connectivity index (χ0v) is 21.2. The number of hydrogen-bond donors (Lipinski definition) is 0. The first kappa shape index (κ1) is 26.4. The predicted molar refractivity (Wildman–Crippen MR) is 149 cm³/mol. The van der Waals surface area contributed by atoms with Crippen LogP contribution >= 0.6 is 21.6 Å². The number of benzene rings is 3. The first-order valence-corrected chi connectivity index (χ1v) is 14.3. The zero-order valence-electron chi connectivity index (χ0n) is 19.5. The SMILES string of the molecule is C=CCc1cccc(CCC)c1.c1ccc(CCCSSCCCc2ccccc2)cc1. The van der Waals surface area contributed by atoms with Crippen molar-refractivity contribution >= 4 is 21.6 Å². The molecule has 0 unspecified atom stereocenters. The monoisotopic (exact) mass is 462 g/mol. The van der Waals surface area contributed by atoms with E-state index in [4.69, 9.17) is 0 Å². The van der Waals surface area contributed by atoms with Gasteiger partial charge in [0.2, 0.25) is 0 Å². The Bertz CT molecular complexity index is 797. The first-order valence-electron chi connectivity index (χ1n) is 11.8. The number of hydrogen-bond acceptors (Lipinski definition) is 2. The Morgan fingerprint density at radius 3 is 1.62 bits per heavy atom. The fraction of sp³-hybridized carbons (Fsp3) is 0.333. The molecule has 3 rings (SSSR count). The molecule has 0 aromatic heterocycles. The lowest BCUT2D eigenvalue weighted by atomic mass is 10.1. The minimum Gasteiger partial charge on any atom is -0.103 e. The quantitative estimate of drug-likeness (QED) is 0.141. The smallest absolute Gasteiger partial charge is 0.00401 e. The summed E-state index contributed by atoms with van der Waals surface area (Å²) in [6.07, 6.45) is 10.3. The number of aryl methyl sites for hydroxylation is 3. The Morgan fingerprint density at radius 1 is 0.625 bits per heavy atom. The Hall–Kier alpha value is -1.90. The molecule has 0 spiro atoms. The van der Waals surface area contributed by atoms with Crippen LogP contribution in [-0.4, -0.2) is 11.5 Å². The van der Waals surface area contributed by atoms with Crippen LogP contribution in [0, 0.1) is 0 Å². The molecule has 0 saturated carbocycles. The van der Waals surface area contributed by atoms with E-state index < -0.39 is 0 Å². The Morgan fingerprint density at radius 2 is 1.12 bits per heavy atom. The van der Waals surface area contributed by atoms with Gasteiger partial charge in [-0.1, -0.05) is 126 Å². The van der Waals surface area contributed by atoms with Gasteiger partial charge < -0.3 is 0 Å². The van der Waals surface area contributed by atoms with Crippen LogP contribution in [0.25, 0.3) is 0 Å². The van der Waals surface area contributed by atoms with Crippen LogP contribution in [0.15, 0.2) is 97.6 Å². The van der Waals surface area contributed by atoms with Crippen molar-refractivity contribution in [1.29, 1.82) is 0 Å². The summed E-state index contributed by atoms with van der Waals surface area (Å²) < 4.78 is 0. The molecule has 0 aliphatic heterocycles. The van der Waals surface area contributed by atoms with Crippen LogP contribution in [0.4, 0.5) is 0 Å². The van der Waals surface area contributed by atoms with Gasteiger partial charge in [0, 0.05) is 11.5 Å². The van der Waals surface area contributed by atoms with Crippen LogP contribution < -0.4 is 0 Å². The van der Waals surface area contributed by atoms with Gasteiger partial charge in [0.05, 0.1) is 0 Å². The maximum absolute atomic E-state index is 3.73. The molecule has 2 heteroatoms. The van der Waals surface area contributed by atoms with E-state index in [-0.39, 0.29) is 0 Å². The van der Waals surface area contributed by atoms with Crippen molar-refractivity contribution in [2.24, 2.45) is 0 Å². The fourth-order valence-corrected chi connectivity index (χ4v) is 5.62. The van der Waals surface area contributed by atoms with Crippen molar-refractivity contribution in [3.05, 3.63) is 120 Å². The van der Waals surface area contributed by atoms with Gasteiger partial charge in [0.25, 0.3) is 0 Å². The standard InChI is InChI=1S/C18H22S2.C12H16/c1-3-9-17(10-4-1)13-7-15-19-20-16-8-14-18-11-5-2-6-12-18;1-3-6-11-8-5-9-12(10-11)7-4-2/h1-6,9-12H,7-8,13-16H2;3,5,8-10H,1,4,6-7H2,2H3. The largest absolute Gasteiger partial charge is 0.103 e. The summed E-state index contributed by atoms with van der Waals surface area (Å²) in [7, 11) is 4.05. The minimum atomic E-state index is 0.984. The molecule has 0 heterocycles. The van der Waals surface area contributed by atoms with Crippen LogP contribution in [0.2, 0.25) is 0 Å². The molecule has 0 nitrogen and oxygen atoms in total. The van der Waals surface area contributed by atoms with Crippen LogP contribution in [0.3, 0.4) is 0 Å². The summed E-state index contributed by atoms with van der Waals surface area (Å²) in [4.78, 5) is 0. The highest BCUT2D eigenvalue weighted by Gasteiger charge is 1.96. The second kappa shape index (κ2) is 17.6. The van der Waals surface area contributed by atoms with Crippen LogP contribution in [0.5, 0.6) is 0 Å². The van der Waals surface area contributed by atoms with Gasteiger partial charge in [-0.05, 0) is 60.8 Å². The van der Waals surface area contributed by atoms with E-state index in [0.29, 0.717) is 0 Å². The molecule has 0 aliphatic rings. The predicted octanol–water partition coefficient (Wildman–Crippen LogP) is 9.00.